The normalized spacial score (nSPS) is 29.8. The molecule has 3 heterocycles. The summed E-state index contributed by atoms with van der Waals surface area (Å²) in [5.74, 6) is 0. The number of ether oxygens (including phenoxy) is 2. The second kappa shape index (κ2) is 3.32. The quantitative estimate of drug-likeness (QED) is 0.820. The zero-order valence-electron chi connectivity index (χ0n) is 9.76. The van der Waals surface area contributed by atoms with Crippen molar-refractivity contribution in [3.63, 3.8) is 0 Å². The predicted octanol–water partition coefficient (Wildman–Crippen LogP) is 1.20. The first-order valence-corrected chi connectivity index (χ1v) is 5.97. The lowest BCUT2D eigenvalue weighted by Crippen LogP contribution is -2.49. The topological polar surface area (TPSA) is 64.7 Å². The highest BCUT2D eigenvalue weighted by Crippen LogP contribution is 2.44. The van der Waals surface area contributed by atoms with E-state index in [0.717, 1.165) is 16.7 Å². The Hall–Kier alpha value is -1.43. The van der Waals surface area contributed by atoms with Crippen LogP contribution in [0.2, 0.25) is 0 Å². The summed E-state index contributed by atoms with van der Waals surface area (Å²) in [6.45, 7) is 1.45. The van der Waals surface area contributed by atoms with Gasteiger partial charge in [-0.25, -0.2) is 4.98 Å². The van der Waals surface area contributed by atoms with Crippen molar-refractivity contribution in [1.29, 1.82) is 0 Å². The smallest absolute Gasteiger partial charge is 0.181 e. The average Bonchev–Trinajstić information content (AvgIpc) is 2.92. The molecule has 0 aliphatic carbocycles. The van der Waals surface area contributed by atoms with Gasteiger partial charge in [0.05, 0.1) is 19.8 Å². The molecule has 2 aromatic rings. The second-order valence-electron chi connectivity index (χ2n) is 5.21. The Balaban J connectivity index is 1.73. The zero-order valence-corrected chi connectivity index (χ0v) is 9.76. The predicted molar refractivity (Wildman–Crippen MR) is 62.0 cm³/mol. The fraction of sp³-hybridized carbons (Fsp3) is 0.462. The van der Waals surface area contributed by atoms with Gasteiger partial charge in [-0.2, -0.15) is 0 Å². The molecular formula is C13H13NO4. The summed E-state index contributed by atoms with van der Waals surface area (Å²) in [7, 11) is 0. The maximum Gasteiger partial charge on any atom is 0.181 e. The third-order valence-corrected chi connectivity index (χ3v) is 3.83. The number of aromatic nitrogens is 1. The van der Waals surface area contributed by atoms with E-state index in [1.165, 1.54) is 6.39 Å². The minimum atomic E-state index is -0.947. The van der Waals surface area contributed by atoms with Crippen molar-refractivity contribution in [3.8, 4) is 0 Å². The molecule has 18 heavy (non-hydrogen) atoms. The highest BCUT2D eigenvalue weighted by atomic mass is 16.6. The second-order valence-corrected chi connectivity index (χ2v) is 5.21. The molecule has 4 rings (SSSR count). The highest BCUT2D eigenvalue weighted by Gasteiger charge is 2.53. The van der Waals surface area contributed by atoms with Gasteiger partial charge in [0, 0.05) is 6.42 Å². The summed E-state index contributed by atoms with van der Waals surface area (Å²) in [6.07, 6.45) is 1.98. The number of hydrogen-bond acceptors (Lipinski definition) is 5. The van der Waals surface area contributed by atoms with Gasteiger partial charge in [-0.05, 0) is 17.7 Å². The van der Waals surface area contributed by atoms with Crippen LogP contribution in [-0.4, -0.2) is 35.5 Å². The van der Waals surface area contributed by atoms with Gasteiger partial charge in [0.2, 0.25) is 0 Å². The van der Waals surface area contributed by atoms with E-state index in [4.69, 9.17) is 13.9 Å². The van der Waals surface area contributed by atoms with Gasteiger partial charge in [-0.3, -0.25) is 0 Å². The molecule has 0 bridgehead atoms. The van der Waals surface area contributed by atoms with Crippen LogP contribution in [0, 0.1) is 0 Å². The van der Waals surface area contributed by atoms with E-state index in [1.54, 1.807) is 0 Å². The van der Waals surface area contributed by atoms with Crippen LogP contribution < -0.4 is 0 Å². The van der Waals surface area contributed by atoms with Crippen molar-refractivity contribution in [2.24, 2.45) is 0 Å². The van der Waals surface area contributed by atoms with E-state index >= 15 is 0 Å². The number of oxazole rings is 1. The van der Waals surface area contributed by atoms with E-state index in [2.05, 4.69) is 4.98 Å². The van der Waals surface area contributed by atoms with Crippen LogP contribution in [0.5, 0.6) is 0 Å². The Kier molecular flexibility index (Phi) is 1.93. The third kappa shape index (κ3) is 1.35. The van der Waals surface area contributed by atoms with Crippen molar-refractivity contribution >= 4 is 11.1 Å². The van der Waals surface area contributed by atoms with Crippen molar-refractivity contribution in [3.05, 3.63) is 30.2 Å². The lowest BCUT2D eigenvalue weighted by Gasteiger charge is -2.37. The molecule has 0 saturated carbocycles. The first kappa shape index (κ1) is 10.5. The van der Waals surface area contributed by atoms with E-state index in [-0.39, 0.29) is 5.60 Å². The summed E-state index contributed by atoms with van der Waals surface area (Å²) >= 11 is 0. The van der Waals surface area contributed by atoms with E-state index in [0.29, 0.717) is 26.2 Å². The van der Waals surface area contributed by atoms with Crippen LogP contribution in [0.25, 0.3) is 11.1 Å². The molecule has 94 valence electrons. The molecule has 1 atom stereocenters. The summed E-state index contributed by atoms with van der Waals surface area (Å²) < 4.78 is 16.1. The third-order valence-electron chi connectivity index (χ3n) is 3.83. The fourth-order valence-corrected chi connectivity index (χ4v) is 2.76. The first-order valence-electron chi connectivity index (χ1n) is 5.97. The van der Waals surface area contributed by atoms with E-state index in [1.807, 2.05) is 18.2 Å². The number of nitrogens with zero attached hydrogens (tertiary/aromatic N) is 1. The van der Waals surface area contributed by atoms with Crippen molar-refractivity contribution < 1.29 is 19.0 Å². The molecule has 0 amide bonds. The number of fused-ring (bicyclic) bond motifs is 1. The molecule has 2 aliphatic heterocycles. The Bertz CT molecular complexity index is 604. The van der Waals surface area contributed by atoms with Gasteiger partial charge in [-0.15, -0.1) is 0 Å². The van der Waals surface area contributed by atoms with Gasteiger partial charge in [0.1, 0.15) is 16.7 Å². The molecule has 2 aliphatic rings. The molecule has 1 aromatic carbocycles. The van der Waals surface area contributed by atoms with Gasteiger partial charge in [-0.1, -0.05) is 6.07 Å². The Labute approximate surface area is 103 Å². The van der Waals surface area contributed by atoms with Crippen molar-refractivity contribution in [1.82, 2.24) is 4.98 Å². The molecule has 5 nitrogen and oxygen atoms in total. The number of rotatable bonds is 1. The minimum Gasteiger partial charge on any atom is -0.443 e. The van der Waals surface area contributed by atoms with Crippen LogP contribution >= 0.6 is 0 Å². The lowest BCUT2D eigenvalue weighted by molar-refractivity contribution is -0.184. The van der Waals surface area contributed by atoms with Gasteiger partial charge < -0.3 is 19.0 Å². The summed E-state index contributed by atoms with van der Waals surface area (Å²) in [6, 6.07) is 5.56. The minimum absolute atomic E-state index is 0.284. The SMILES string of the molecule is OC1(c2ccc3ocnc3c2)COC2(COC2)C1. The maximum absolute atomic E-state index is 10.7. The maximum atomic E-state index is 10.7. The van der Waals surface area contributed by atoms with E-state index in [9.17, 15) is 5.11 Å². The molecular weight excluding hydrogens is 234 g/mol. The summed E-state index contributed by atoms with van der Waals surface area (Å²) in [5.41, 5.74) is 1.08. The zero-order chi connectivity index (χ0) is 12.2. The number of aliphatic hydroxyl groups is 1. The molecule has 0 radical (unpaired) electrons. The van der Waals surface area contributed by atoms with Crippen molar-refractivity contribution in [2.45, 2.75) is 17.6 Å². The summed E-state index contributed by atoms with van der Waals surface area (Å²) in [5, 5.41) is 10.7. The number of benzene rings is 1. The Morgan fingerprint density at radius 1 is 1.22 bits per heavy atom. The largest absolute Gasteiger partial charge is 0.443 e. The Morgan fingerprint density at radius 3 is 2.83 bits per heavy atom. The molecule has 2 saturated heterocycles. The van der Waals surface area contributed by atoms with Gasteiger partial charge in [0.25, 0.3) is 0 Å². The van der Waals surface area contributed by atoms with Crippen molar-refractivity contribution in [2.75, 3.05) is 19.8 Å². The highest BCUT2D eigenvalue weighted by molar-refractivity contribution is 5.73. The molecule has 1 unspecified atom stereocenters. The Morgan fingerprint density at radius 2 is 2.11 bits per heavy atom. The molecule has 1 aromatic heterocycles. The summed E-state index contributed by atoms with van der Waals surface area (Å²) in [4.78, 5) is 4.11. The lowest BCUT2D eigenvalue weighted by atomic mass is 9.84. The molecule has 5 heteroatoms. The molecule has 1 N–H and O–H groups in total. The van der Waals surface area contributed by atoms with Crippen LogP contribution in [0.3, 0.4) is 0 Å². The monoisotopic (exact) mass is 247 g/mol. The fourth-order valence-electron chi connectivity index (χ4n) is 2.76. The van der Waals surface area contributed by atoms with Gasteiger partial charge >= 0.3 is 0 Å². The van der Waals surface area contributed by atoms with Crippen LogP contribution in [0.15, 0.2) is 29.0 Å². The molecule has 2 fully saturated rings. The first-order chi connectivity index (χ1) is 8.69. The average molecular weight is 247 g/mol. The van der Waals surface area contributed by atoms with Crippen LogP contribution in [-0.2, 0) is 15.1 Å². The van der Waals surface area contributed by atoms with Crippen LogP contribution in [0.1, 0.15) is 12.0 Å². The van der Waals surface area contributed by atoms with E-state index < -0.39 is 5.60 Å². The molecule has 1 spiro atoms. The van der Waals surface area contributed by atoms with Crippen LogP contribution in [0.4, 0.5) is 0 Å². The number of hydrogen-bond donors (Lipinski definition) is 1. The standard InChI is InChI=1S/C13H13NO4/c15-13(4-12(18-7-13)5-16-6-12)9-1-2-11-10(3-9)14-8-17-11/h1-3,8,15H,4-7H2. The van der Waals surface area contributed by atoms with Gasteiger partial charge in [0.15, 0.2) is 12.0 Å².